The molecule has 2 heterocycles. The fourth-order valence-corrected chi connectivity index (χ4v) is 3.50. The summed E-state index contributed by atoms with van der Waals surface area (Å²) in [6, 6.07) is 16.9. The molecule has 2 aromatic heterocycles. The van der Waals surface area contributed by atoms with E-state index in [1.54, 1.807) is 26.6 Å². The first-order valence-corrected chi connectivity index (χ1v) is 9.58. The van der Waals surface area contributed by atoms with Crippen LogP contribution in [0.15, 0.2) is 67.0 Å². The molecule has 30 heavy (non-hydrogen) atoms. The monoisotopic (exact) mass is 401 g/mol. The minimum Gasteiger partial charge on any atom is -0.505 e. The molecule has 4 aromatic rings. The lowest BCUT2D eigenvalue weighted by Gasteiger charge is -2.23. The van der Waals surface area contributed by atoms with E-state index in [4.69, 9.17) is 9.47 Å². The second kappa shape index (κ2) is 8.29. The summed E-state index contributed by atoms with van der Waals surface area (Å²) in [7, 11) is 3.20. The Labute approximate surface area is 175 Å². The number of aromatic hydroxyl groups is 1. The van der Waals surface area contributed by atoms with Crippen LogP contribution < -0.4 is 14.8 Å². The van der Waals surface area contributed by atoms with E-state index in [9.17, 15) is 5.11 Å². The van der Waals surface area contributed by atoms with Crippen molar-refractivity contribution >= 4 is 16.6 Å². The molecular weight excluding hydrogens is 378 g/mol. The maximum absolute atomic E-state index is 11.1. The number of aryl methyl sites for hydroxylation is 1. The van der Waals surface area contributed by atoms with Crippen LogP contribution in [0, 0.1) is 6.92 Å². The Bertz CT molecular complexity index is 1180. The van der Waals surface area contributed by atoms with Crippen molar-refractivity contribution < 1.29 is 14.6 Å². The number of aromatic nitrogens is 2. The Balaban J connectivity index is 1.82. The van der Waals surface area contributed by atoms with Gasteiger partial charge in [-0.05, 0) is 36.8 Å². The highest BCUT2D eigenvalue weighted by molar-refractivity contribution is 5.86. The van der Waals surface area contributed by atoms with Crippen LogP contribution in [-0.2, 0) is 0 Å². The van der Waals surface area contributed by atoms with Crippen LogP contribution in [0.1, 0.15) is 22.9 Å². The van der Waals surface area contributed by atoms with E-state index in [0.717, 1.165) is 22.3 Å². The number of anilines is 1. The van der Waals surface area contributed by atoms with E-state index in [1.807, 2.05) is 61.5 Å². The van der Waals surface area contributed by atoms with E-state index in [2.05, 4.69) is 15.3 Å². The SMILES string of the molecule is COc1ccc(NC(c2cccnc2)c2ccc3ccc(C)nc3c2O)cc1OC. The lowest BCUT2D eigenvalue weighted by molar-refractivity contribution is 0.355. The van der Waals surface area contributed by atoms with Crippen LogP contribution in [0.3, 0.4) is 0 Å². The quantitative estimate of drug-likeness (QED) is 0.480. The number of hydrogen-bond acceptors (Lipinski definition) is 6. The lowest BCUT2D eigenvalue weighted by Crippen LogP contribution is -2.13. The predicted octanol–water partition coefficient (Wildman–Crippen LogP) is 4.86. The largest absolute Gasteiger partial charge is 0.505 e. The number of fused-ring (bicyclic) bond motifs is 1. The highest BCUT2D eigenvalue weighted by atomic mass is 16.5. The van der Waals surface area contributed by atoms with E-state index in [-0.39, 0.29) is 11.8 Å². The molecule has 2 N–H and O–H groups in total. The molecule has 0 fully saturated rings. The number of phenolic OH excluding ortho intramolecular Hbond substituents is 1. The number of benzene rings is 2. The first-order valence-electron chi connectivity index (χ1n) is 9.58. The molecule has 6 nitrogen and oxygen atoms in total. The first-order chi connectivity index (χ1) is 14.6. The van der Waals surface area contributed by atoms with Crippen LogP contribution in [0.4, 0.5) is 5.69 Å². The second-order valence-electron chi connectivity index (χ2n) is 6.96. The minimum atomic E-state index is -0.344. The molecule has 2 aromatic carbocycles. The van der Waals surface area contributed by atoms with Gasteiger partial charge in [-0.3, -0.25) is 4.98 Å². The average molecular weight is 401 g/mol. The van der Waals surface area contributed by atoms with Gasteiger partial charge >= 0.3 is 0 Å². The zero-order valence-electron chi connectivity index (χ0n) is 17.1. The van der Waals surface area contributed by atoms with Gasteiger partial charge in [0.25, 0.3) is 0 Å². The van der Waals surface area contributed by atoms with Crippen molar-refractivity contribution in [1.82, 2.24) is 9.97 Å². The third-order valence-electron chi connectivity index (χ3n) is 5.03. The first kappa shape index (κ1) is 19.5. The van der Waals surface area contributed by atoms with Gasteiger partial charge in [0.15, 0.2) is 11.5 Å². The molecule has 0 amide bonds. The van der Waals surface area contributed by atoms with Crippen molar-refractivity contribution in [2.24, 2.45) is 0 Å². The summed E-state index contributed by atoms with van der Waals surface area (Å²) in [5.74, 6) is 1.42. The molecule has 0 saturated carbocycles. The van der Waals surface area contributed by atoms with Gasteiger partial charge in [0.1, 0.15) is 11.3 Å². The minimum absolute atomic E-state index is 0.151. The van der Waals surface area contributed by atoms with Crippen LogP contribution in [0.5, 0.6) is 17.2 Å². The summed E-state index contributed by atoms with van der Waals surface area (Å²) in [5.41, 5.74) is 3.87. The number of nitrogens with zero attached hydrogens (tertiary/aromatic N) is 2. The van der Waals surface area contributed by atoms with Crippen molar-refractivity contribution in [2.45, 2.75) is 13.0 Å². The van der Waals surface area contributed by atoms with E-state index in [1.165, 1.54) is 0 Å². The second-order valence-corrected chi connectivity index (χ2v) is 6.96. The molecule has 1 atom stereocenters. The third kappa shape index (κ3) is 3.72. The molecule has 4 rings (SSSR count). The summed E-state index contributed by atoms with van der Waals surface area (Å²) < 4.78 is 10.8. The van der Waals surface area contributed by atoms with Gasteiger partial charge < -0.3 is 19.9 Å². The smallest absolute Gasteiger partial charge is 0.162 e. The van der Waals surface area contributed by atoms with Crippen molar-refractivity contribution in [3.8, 4) is 17.2 Å². The Kier molecular flexibility index (Phi) is 5.39. The van der Waals surface area contributed by atoms with Gasteiger partial charge in [-0.2, -0.15) is 0 Å². The van der Waals surface area contributed by atoms with Crippen molar-refractivity contribution in [3.05, 3.63) is 83.8 Å². The molecule has 0 aliphatic carbocycles. The van der Waals surface area contributed by atoms with Crippen LogP contribution in [0.25, 0.3) is 10.9 Å². The maximum atomic E-state index is 11.1. The van der Waals surface area contributed by atoms with Crippen LogP contribution >= 0.6 is 0 Å². The average Bonchev–Trinajstić information content (AvgIpc) is 2.79. The zero-order chi connectivity index (χ0) is 21.1. The Morgan fingerprint density at radius 2 is 1.77 bits per heavy atom. The van der Waals surface area contributed by atoms with E-state index >= 15 is 0 Å². The topological polar surface area (TPSA) is 76.5 Å². The number of hydrogen-bond donors (Lipinski definition) is 2. The molecular formula is C24H23N3O3. The number of nitrogens with one attached hydrogen (secondary N) is 1. The molecule has 0 aliphatic heterocycles. The van der Waals surface area contributed by atoms with Gasteiger partial charge in [0.2, 0.25) is 0 Å². The Morgan fingerprint density at radius 3 is 2.50 bits per heavy atom. The van der Waals surface area contributed by atoms with Crippen molar-refractivity contribution in [3.63, 3.8) is 0 Å². The van der Waals surface area contributed by atoms with Gasteiger partial charge in [0, 0.05) is 40.8 Å². The van der Waals surface area contributed by atoms with E-state index in [0.29, 0.717) is 22.6 Å². The number of pyridine rings is 2. The fraction of sp³-hybridized carbons (Fsp3) is 0.167. The maximum Gasteiger partial charge on any atom is 0.162 e. The zero-order valence-corrected chi connectivity index (χ0v) is 17.1. The van der Waals surface area contributed by atoms with Crippen molar-refractivity contribution in [2.75, 3.05) is 19.5 Å². The van der Waals surface area contributed by atoms with E-state index < -0.39 is 0 Å². The Hall–Kier alpha value is -3.80. The molecule has 0 spiro atoms. The van der Waals surface area contributed by atoms with Crippen LogP contribution in [-0.4, -0.2) is 29.3 Å². The standard InChI is InChI=1S/C24H23N3O3/c1-15-6-7-16-8-10-19(24(28)23(16)26-15)22(17-5-4-12-25-14-17)27-18-9-11-20(29-2)21(13-18)30-3/h4-14,22,27-28H,1-3H3. The fourth-order valence-electron chi connectivity index (χ4n) is 3.50. The molecule has 152 valence electrons. The highest BCUT2D eigenvalue weighted by Gasteiger charge is 2.21. The summed E-state index contributed by atoms with van der Waals surface area (Å²) in [6.07, 6.45) is 3.51. The number of phenols is 1. The Morgan fingerprint density at radius 1 is 0.967 bits per heavy atom. The van der Waals surface area contributed by atoms with Gasteiger partial charge in [0.05, 0.1) is 20.3 Å². The van der Waals surface area contributed by atoms with Crippen molar-refractivity contribution in [1.29, 1.82) is 0 Å². The summed E-state index contributed by atoms with van der Waals surface area (Å²) in [4.78, 5) is 8.80. The van der Waals surface area contributed by atoms with Gasteiger partial charge in [-0.15, -0.1) is 0 Å². The summed E-state index contributed by atoms with van der Waals surface area (Å²) >= 11 is 0. The van der Waals surface area contributed by atoms with Gasteiger partial charge in [-0.25, -0.2) is 4.98 Å². The predicted molar refractivity (Wildman–Crippen MR) is 117 cm³/mol. The number of methoxy groups -OCH3 is 2. The summed E-state index contributed by atoms with van der Waals surface area (Å²) in [6.45, 7) is 1.91. The molecule has 0 aliphatic rings. The normalized spacial score (nSPS) is 11.8. The highest BCUT2D eigenvalue weighted by Crippen LogP contribution is 2.38. The molecule has 0 saturated heterocycles. The molecule has 1 unspecified atom stereocenters. The number of ether oxygens (including phenoxy) is 2. The lowest BCUT2D eigenvalue weighted by atomic mass is 9.97. The van der Waals surface area contributed by atoms with Crippen LogP contribution in [0.2, 0.25) is 0 Å². The molecule has 6 heteroatoms. The third-order valence-corrected chi connectivity index (χ3v) is 5.03. The molecule has 0 bridgehead atoms. The number of rotatable bonds is 6. The molecule has 0 radical (unpaired) electrons. The van der Waals surface area contributed by atoms with Gasteiger partial charge in [-0.1, -0.05) is 24.3 Å². The summed E-state index contributed by atoms with van der Waals surface area (Å²) in [5, 5.41) is 15.5.